The minimum Gasteiger partial charge on any atom is -0.298 e. The van der Waals surface area contributed by atoms with E-state index >= 15 is 0 Å². The van der Waals surface area contributed by atoms with Gasteiger partial charge in [0.2, 0.25) is 0 Å². The van der Waals surface area contributed by atoms with Crippen LogP contribution in [0.3, 0.4) is 0 Å². The number of halogens is 1. The van der Waals surface area contributed by atoms with Crippen LogP contribution in [0.15, 0.2) is 61.2 Å². The second-order valence-electron chi connectivity index (χ2n) is 6.48. The summed E-state index contributed by atoms with van der Waals surface area (Å²) in [6.45, 7) is 9.79. The van der Waals surface area contributed by atoms with Crippen LogP contribution < -0.4 is 0 Å². The Kier molecular flexibility index (Phi) is 6.67. The first-order valence-corrected chi connectivity index (χ1v) is 9.23. The van der Waals surface area contributed by atoms with Crippen LogP contribution in [0.2, 0.25) is 0 Å². The van der Waals surface area contributed by atoms with Crippen LogP contribution in [-0.4, -0.2) is 20.7 Å². The second-order valence-corrected chi connectivity index (χ2v) is 6.48. The molecule has 0 aliphatic carbocycles. The van der Waals surface area contributed by atoms with Gasteiger partial charge in [0.15, 0.2) is 0 Å². The molecule has 0 unspecified atom stereocenters. The number of imidazole rings is 1. The predicted molar refractivity (Wildman–Crippen MR) is 106 cm³/mol. The summed E-state index contributed by atoms with van der Waals surface area (Å²) < 4.78 is 16.6. The van der Waals surface area contributed by atoms with E-state index in [0.717, 1.165) is 22.6 Å². The van der Waals surface area contributed by atoms with Gasteiger partial charge in [-0.25, -0.2) is 9.37 Å². The van der Waals surface area contributed by atoms with E-state index in [4.69, 9.17) is 0 Å². The van der Waals surface area contributed by atoms with E-state index < -0.39 is 11.6 Å². The van der Waals surface area contributed by atoms with E-state index in [9.17, 15) is 4.39 Å². The summed E-state index contributed by atoms with van der Waals surface area (Å²) in [5.41, 5.74) is 2.27. The van der Waals surface area contributed by atoms with Crippen molar-refractivity contribution in [3.63, 3.8) is 0 Å². The van der Waals surface area contributed by atoms with E-state index in [0.29, 0.717) is 6.42 Å². The quantitative estimate of drug-likeness (QED) is 0.564. The Hall–Kier alpha value is -2.49. The van der Waals surface area contributed by atoms with E-state index in [1.54, 1.807) is 18.6 Å². The third-order valence-electron chi connectivity index (χ3n) is 4.57. The van der Waals surface area contributed by atoms with Gasteiger partial charge in [0.05, 0.1) is 11.9 Å². The highest BCUT2D eigenvalue weighted by Gasteiger charge is 2.33. The Morgan fingerprint density at radius 2 is 1.81 bits per heavy atom. The van der Waals surface area contributed by atoms with E-state index in [2.05, 4.69) is 9.97 Å². The highest BCUT2D eigenvalue weighted by atomic mass is 19.1. The zero-order chi connectivity index (χ0) is 19.2. The van der Waals surface area contributed by atoms with Crippen molar-refractivity contribution in [2.45, 2.75) is 52.6 Å². The van der Waals surface area contributed by atoms with Crippen molar-refractivity contribution in [3.8, 4) is 17.1 Å². The smallest absolute Gasteiger partial charge is 0.144 e. The maximum Gasteiger partial charge on any atom is 0.144 e. The molecule has 0 aliphatic heterocycles. The topological polar surface area (TPSA) is 30.7 Å². The largest absolute Gasteiger partial charge is 0.298 e. The summed E-state index contributed by atoms with van der Waals surface area (Å²) in [5, 5.41) is 0. The summed E-state index contributed by atoms with van der Waals surface area (Å²) in [6.07, 6.45) is 6.77. The molecule has 0 saturated carbocycles. The first-order valence-electron chi connectivity index (χ1n) is 9.23. The van der Waals surface area contributed by atoms with Crippen LogP contribution in [0.1, 0.15) is 46.6 Å². The molecule has 0 spiro atoms. The van der Waals surface area contributed by atoms with Crippen molar-refractivity contribution in [2.24, 2.45) is 0 Å². The number of hydrogen-bond donors (Lipinski definition) is 0. The predicted octanol–water partition coefficient (Wildman–Crippen LogP) is 5.99. The average Bonchev–Trinajstić information content (AvgIpc) is 3.19. The fraction of sp³-hybridized carbons (Fsp3) is 0.364. The second kappa shape index (κ2) is 8.75. The molecule has 0 N–H and O–H groups in total. The Morgan fingerprint density at radius 1 is 1.08 bits per heavy atom. The molecule has 0 amide bonds. The zero-order valence-electron chi connectivity index (χ0n) is 16.3. The van der Waals surface area contributed by atoms with Crippen molar-refractivity contribution in [1.29, 1.82) is 0 Å². The Morgan fingerprint density at radius 3 is 2.46 bits per heavy atom. The highest BCUT2D eigenvalue weighted by Crippen LogP contribution is 2.37. The van der Waals surface area contributed by atoms with Crippen molar-refractivity contribution in [1.82, 2.24) is 14.5 Å². The fourth-order valence-electron chi connectivity index (χ4n) is 3.13. The van der Waals surface area contributed by atoms with Crippen molar-refractivity contribution in [3.05, 3.63) is 66.7 Å². The van der Waals surface area contributed by atoms with Crippen molar-refractivity contribution < 1.29 is 4.39 Å². The molecule has 1 aromatic carbocycles. The van der Waals surface area contributed by atoms with Crippen LogP contribution >= 0.6 is 0 Å². The van der Waals surface area contributed by atoms with Gasteiger partial charge in [-0.1, -0.05) is 58.9 Å². The lowest BCUT2D eigenvalue weighted by atomic mass is 9.77. The van der Waals surface area contributed by atoms with Crippen molar-refractivity contribution >= 4 is 0 Å². The van der Waals surface area contributed by atoms with Crippen LogP contribution in [0.25, 0.3) is 17.1 Å². The number of aromatic nitrogens is 3. The maximum absolute atomic E-state index is 14.6. The average molecular weight is 353 g/mol. The van der Waals surface area contributed by atoms with Crippen LogP contribution in [0, 0.1) is 0 Å². The first kappa shape index (κ1) is 19.8. The van der Waals surface area contributed by atoms with Crippen molar-refractivity contribution in [2.75, 3.05) is 0 Å². The molecule has 3 nitrogen and oxygen atoms in total. The summed E-state index contributed by atoms with van der Waals surface area (Å²) in [6, 6.07) is 11.8. The fourth-order valence-corrected chi connectivity index (χ4v) is 3.13. The minimum absolute atomic E-state index is 0.485. The third-order valence-corrected chi connectivity index (χ3v) is 4.57. The number of nitrogens with zero attached hydrogens (tertiary/aromatic N) is 3. The van der Waals surface area contributed by atoms with E-state index in [1.807, 2.05) is 81.8 Å². The number of pyridine rings is 1. The molecule has 2 aromatic heterocycles. The molecule has 26 heavy (non-hydrogen) atoms. The molecule has 0 saturated heterocycles. The number of hydrogen-bond acceptors (Lipinski definition) is 2. The molecule has 3 aromatic rings. The SMILES string of the molecule is CC.CC[C@@H](F)C(C)(C)c1ccccc1-c1nccn1-c1cccnc1. The van der Waals surface area contributed by atoms with Gasteiger partial charge in [-0.15, -0.1) is 0 Å². The third kappa shape index (κ3) is 3.85. The molecule has 3 rings (SSSR count). The van der Waals surface area contributed by atoms with Gasteiger partial charge in [-0.05, 0) is 24.1 Å². The van der Waals surface area contributed by atoms with Crippen LogP contribution in [0.5, 0.6) is 0 Å². The summed E-state index contributed by atoms with van der Waals surface area (Å²) in [4.78, 5) is 8.71. The molecule has 0 fully saturated rings. The monoisotopic (exact) mass is 353 g/mol. The Labute approximate surface area is 155 Å². The number of rotatable bonds is 5. The Bertz CT molecular complexity index is 809. The maximum atomic E-state index is 14.6. The lowest BCUT2D eigenvalue weighted by molar-refractivity contribution is 0.209. The number of benzene rings is 1. The minimum atomic E-state index is -0.916. The van der Waals surface area contributed by atoms with Gasteiger partial charge in [0.25, 0.3) is 0 Å². The molecule has 2 heterocycles. The van der Waals surface area contributed by atoms with Gasteiger partial charge >= 0.3 is 0 Å². The Balaban J connectivity index is 0.00000117. The van der Waals surface area contributed by atoms with Gasteiger partial charge in [0, 0.05) is 29.6 Å². The zero-order valence-corrected chi connectivity index (χ0v) is 16.3. The summed E-state index contributed by atoms with van der Waals surface area (Å²) in [5.74, 6) is 0.801. The molecular formula is C22H28FN3. The normalized spacial score (nSPS) is 12.2. The molecule has 0 radical (unpaired) electrons. The van der Waals surface area contributed by atoms with Gasteiger partial charge in [0.1, 0.15) is 12.0 Å². The van der Waals surface area contributed by atoms with E-state index in [-0.39, 0.29) is 0 Å². The molecular weight excluding hydrogens is 325 g/mol. The van der Waals surface area contributed by atoms with Gasteiger partial charge < -0.3 is 0 Å². The summed E-state index contributed by atoms with van der Waals surface area (Å²) in [7, 11) is 0. The standard InChI is InChI=1S/C20H22FN3.C2H6/c1-4-18(21)20(2,3)17-10-6-5-9-16(17)19-23-12-13-24(19)15-8-7-11-22-14-15;1-2/h5-14,18H,4H2,1-3H3;1-2H3/t18-;/m1./s1. The lowest BCUT2D eigenvalue weighted by Gasteiger charge is -2.30. The van der Waals surface area contributed by atoms with Crippen LogP contribution in [0.4, 0.5) is 4.39 Å². The van der Waals surface area contributed by atoms with Gasteiger partial charge in [-0.2, -0.15) is 0 Å². The molecule has 0 bridgehead atoms. The van der Waals surface area contributed by atoms with Gasteiger partial charge in [-0.3, -0.25) is 9.55 Å². The van der Waals surface area contributed by atoms with E-state index in [1.165, 1.54) is 0 Å². The molecule has 4 heteroatoms. The molecule has 0 aliphatic rings. The molecule has 138 valence electrons. The first-order chi connectivity index (χ1) is 12.6. The summed E-state index contributed by atoms with van der Waals surface area (Å²) >= 11 is 0. The van der Waals surface area contributed by atoms with Crippen LogP contribution in [-0.2, 0) is 5.41 Å². The number of alkyl halides is 1. The lowest BCUT2D eigenvalue weighted by Crippen LogP contribution is -2.30. The highest BCUT2D eigenvalue weighted by molar-refractivity contribution is 5.65. The molecule has 1 atom stereocenters.